The van der Waals surface area contributed by atoms with Crippen LogP contribution in [-0.4, -0.2) is 58.3 Å². The van der Waals surface area contributed by atoms with E-state index in [1.807, 2.05) is 36.4 Å². The van der Waals surface area contributed by atoms with E-state index in [1.54, 1.807) is 22.0 Å². The molecule has 2 atom stereocenters. The van der Waals surface area contributed by atoms with Crippen molar-refractivity contribution in [1.82, 2.24) is 19.4 Å². The van der Waals surface area contributed by atoms with Crippen molar-refractivity contribution in [3.8, 4) is 0 Å². The smallest absolute Gasteiger partial charge is 0.410 e. The van der Waals surface area contributed by atoms with Crippen LogP contribution in [0.2, 0.25) is 18.1 Å². The zero-order valence-corrected chi connectivity index (χ0v) is 25.4. The number of benzene rings is 1. The summed E-state index contributed by atoms with van der Waals surface area (Å²) in [5.41, 5.74) is 2.29. The Morgan fingerprint density at radius 2 is 1.89 bits per heavy atom. The van der Waals surface area contributed by atoms with Gasteiger partial charge in [-0.2, -0.15) is 0 Å². The standard InChI is InChI=1S/C28H37BrN4O4Si/c1-28(2,3)38(4,5)37-25-12-9-13-33(27(35)36-18-20-10-7-6-8-11-20)24(25)15-22(34)17-32-19-31-23-14-21(29)16-30-26(23)32/h6-8,10-11,14,16,19,24-25H,9,12-13,15,17-18H2,1-5H3/t24-,25+/m1/s1. The highest BCUT2D eigenvalue weighted by Crippen LogP contribution is 2.39. The molecular formula is C28H37BrN4O4Si. The van der Waals surface area contributed by atoms with Gasteiger partial charge in [0.25, 0.3) is 0 Å². The van der Waals surface area contributed by atoms with Gasteiger partial charge in [0.2, 0.25) is 0 Å². The minimum Gasteiger partial charge on any atom is -0.445 e. The van der Waals surface area contributed by atoms with Crippen LogP contribution in [-0.2, 0) is 27.1 Å². The molecule has 3 aromatic rings. The first-order valence-corrected chi connectivity index (χ1v) is 16.8. The number of fused-ring (bicyclic) bond motifs is 1. The lowest BCUT2D eigenvalue weighted by molar-refractivity contribution is -0.122. The van der Waals surface area contributed by atoms with Crippen LogP contribution in [0.25, 0.3) is 11.2 Å². The number of amides is 1. The van der Waals surface area contributed by atoms with Crippen LogP contribution in [0.4, 0.5) is 4.79 Å². The second-order valence-electron chi connectivity index (χ2n) is 11.5. The number of halogens is 1. The van der Waals surface area contributed by atoms with Crippen LogP contribution in [0.15, 0.2) is 53.4 Å². The van der Waals surface area contributed by atoms with E-state index in [-0.39, 0.29) is 36.5 Å². The summed E-state index contributed by atoms with van der Waals surface area (Å²) >= 11 is 3.41. The van der Waals surface area contributed by atoms with Gasteiger partial charge in [-0.3, -0.25) is 4.79 Å². The van der Waals surface area contributed by atoms with Crippen molar-refractivity contribution >= 4 is 47.3 Å². The predicted molar refractivity (Wildman–Crippen MR) is 153 cm³/mol. The fraction of sp³-hybridized carbons (Fsp3) is 0.500. The summed E-state index contributed by atoms with van der Waals surface area (Å²) in [5, 5.41) is 0.00726. The predicted octanol–water partition coefficient (Wildman–Crippen LogP) is 6.34. The summed E-state index contributed by atoms with van der Waals surface area (Å²) in [6, 6.07) is 11.1. The minimum absolute atomic E-state index is 0.00726. The number of hydrogen-bond donors (Lipinski definition) is 0. The molecule has 1 fully saturated rings. The van der Waals surface area contributed by atoms with Crippen molar-refractivity contribution in [3.05, 3.63) is 59.0 Å². The number of ether oxygens (including phenoxy) is 1. The number of nitrogens with zero attached hydrogens (tertiary/aromatic N) is 4. The SMILES string of the molecule is CC(C)(C)[Si](C)(C)O[C@H]1CCCN(C(=O)OCc2ccccc2)[C@@H]1CC(=O)Cn1cnc2cc(Br)cnc21. The normalized spacial score (nSPS) is 18.5. The third-order valence-corrected chi connectivity index (χ3v) is 12.6. The van der Waals surface area contributed by atoms with Crippen molar-refractivity contribution in [2.75, 3.05) is 6.54 Å². The number of likely N-dealkylation sites (tertiary alicyclic amines) is 1. The number of aromatic nitrogens is 3. The summed E-state index contributed by atoms with van der Waals surface area (Å²) in [5.74, 6) is -0.00869. The fourth-order valence-corrected chi connectivity index (χ4v) is 6.22. The van der Waals surface area contributed by atoms with E-state index >= 15 is 0 Å². The number of carbonyl (C=O) groups is 2. The van der Waals surface area contributed by atoms with Gasteiger partial charge >= 0.3 is 6.09 Å². The lowest BCUT2D eigenvalue weighted by atomic mass is 9.95. The summed E-state index contributed by atoms with van der Waals surface area (Å²) < 4.78 is 15.1. The molecule has 8 nitrogen and oxygen atoms in total. The van der Waals surface area contributed by atoms with Crippen LogP contribution < -0.4 is 0 Å². The third kappa shape index (κ3) is 6.70. The first-order chi connectivity index (χ1) is 17.9. The first-order valence-electron chi connectivity index (χ1n) is 13.1. The van der Waals surface area contributed by atoms with E-state index < -0.39 is 20.5 Å². The van der Waals surface area contributed by atoms with Crippen molar-refractivity contribution < 1.29 is 18.8 Å². The van der Waals surface area contributed by atoms with Gasteiger partial charge in [0.15, 0.2) is 19.7 Å². The average Bonchev–Trinajstić information content (AvgIpc) is 3.24. The van der Waals surface area contributed by atoms with E-state index in [2.05, 4.69) is 59.8 Å². The van der Waals surface area contributed by atoms with Gasteiger partial charge in [0.1, 0.15) is 12.1 Å². The van der Waals surface area contributed by atoms with E-state index in [1.165, 1.54) is 0 Å². The molecule has 1 amide bonds. The minimum atomic E-state index is -2.15. The molecule has 204 valence electrons. The van der Waals surface area contributed by atoms with Crippen LogP contribution in [0.5, 0.6) is 0 Å². The van der Waals surface area contributed by atoms with Gasteiger partial charge in [-0.05, 0) is 58.5 Å². The van der Waals surface area contributed by atoms with E-state index in [4.69, 9.17) is 9.16 Å². The average molecular weight is 602 g/mol. The van der Waals surface area contributed by atoms with Crippen molar-refractivity contribution in [3.63, 3.8) is 0 Å². The number of piperidine rings is 1. The quantitative estimate of drug-likeness (QED) is 0.280. The summed E-state index contributed by atoms with van der Waals surface area (Å²) in [6.45, 7) is 11.9. The fourth-order valence-electron chi connectivity index (χ4n) is 4.51. The van der Waals surface area contributed by atoms with Crippen LogP contribution in [0.1, 0.15) is 45.6 Å². The van der Waals surface area contributed by atoms with Gasteiger partial charge < -0.3 is 18.6 Å². The van der Waals surface area contributed by atoms with Crippen molar-refractivity contribution in [2.24, 2.45) is 0 Å². The molecule has 0 saturated carbocycles. The number of hydrogen-bond acceptors (Lipinski definition) is 6. The van der Waals surface area contributed by atoms with Gasteiger partial charge in [-0.1, -0.05) is 51.1 Å². The molecule has 0 aliphatic carbocycles. The summed E-state index contributed by atoms with van der Waals surface area (Å²) in [6.07, 6.45) is 4.47. The van der Waals surface area contributed by atoms with Gasteiger partial charge in [-0.25, -0.2) is 14.8 Å². The molecule has 0 unspecified atom stereocenters. The molecule has 38 heavy (non-hydrogen) atoms. The molecule has 1 aliphatic heterocycles. The zero-order valence-electron chi connectivity index (χ0n) is 22.8. The van der Waals surface area contributed by atoms with Crippen LogP contribution >= 0.6 is 15.9 Å². The highest BCUT2D eigenvalue weighted by atomic mass is 79.9. The maximum absolute atomic E-state index is 13.4. The maximum atomic E-state index is 13.4. The highest BCUT2D eigenvalue weighted by molar-refractivity contribution is 9.10. The Morgan fingerprint density at radius 1 is 1.16 bits per heavy atom. The molecule has 4 rings (SSSR count). The number of ketones is 1. The number of imidazole rings is 1. The Kier molecular flexibility index (Phi) is 8.74. The monoisotopic (exact) mass is 600 g/mol. The number of carbonyl (C=O) groups excluding carboxylic acids is 2. The third-order valence-electron chi connectivity index (χ3n) is 7.61. The Labute approximate surface area is 234 Å². The largest absolute Gasteiger partial charge is 0.445 e. The molecule has 0 spiro atoms. The van der Waals surface area contributed by atoms with Gasteiger partial charge in [0, 0.05) is 23.6 Å². The summed E-state index contributed by atoms with van der Waals surface area (Å²) in [7, 11) is -2.15. The zero-order chi connectivity index (χ0) is 27.5. The number of pyridine rings is 1. The second kappa shape index (κ2) is 11.7. The lowest BCUT2D eigenvalue weighted by Gasteiger charge is -2.46. The highest BCUT2D eigenvalue weighted by Gasteiger charge is 2.44. The maximum Gasteiger partial charge on any atom is 0.410 e. The van der Waals surface area contributed by atoms with Gasteiger partial charge in [-0.15, -0.1) is 0 Å². The van der Waals surface area contributed by atoms with Crippen molar-refractivity contribution in [1.29, 1.82) is 0 Å². The topological polar surface area (TPSA) is 86.5 Å². The molecule has 1 aliphatic rings. The van der Waals surface area contributed by atoms with Crippen LogP contribution in [0, 0.1) is 0 Å². The van der Waals surface area contributed by atoms with E-state index in [9.17, 15) is 9.59 Å². The Morgan fingerprint density at radius 3 is 2.61 bits per heavy atom. The van der Waals surface area contributed by atoms with Crippen molar-refractivity contribution in [2.45, 2.75) is 83.5 Å². The van der Waals surface area contributed by atoms with Gasteiger partial charge in [0.05, 0.1) is 25.0 Å². The molecule has 10 heteroatoms. The number of rotatable bonds is 8. The molecule has 3 heterocycles. The Balaban J connectivity index is 1.53. The molecule has 2 aromatic heterocycles. The Bertz CT molecular complexity index is 1270. The second-order valence-corrected chi connectivity index (χ2v) is 17.1. The van der Waals surface area contributed by atoms with Crippen LogP contribution in [0.3, 0.4) is 0 Å². The molecule has 0 N–H and O–H groups in total. The molecule has 1 aromatic carbocycles. The Hall–Kier alpha value is -2.56. The molecular weight excluding hydrogens is 564 g/mol. The van der Waals surface area contributed by atoms with E-state index in [0.29, 0.717) is 12.2 Å². The number of Topliss-reactive ketones (excluding diaryl/α,β-unsaturated/α-hetero) is 1. The summed E-state index contributed by atoms with van der Waals surface area (Å²) in [4.78, 5) is 37.3. The lowest BCUT2D eigenvalue weighted by Crippen LogP contribution is -2.56. The molecule has 1 saturated heterocycles. The first kappa shape index (κ1) is 28.4. The molecule has 0 radical (unpaired) electrons. The molecule has 0 bridgehead atoms. The van der Waals surface area contributed by atoms with E-state index in [0.717, 1.165) is 28.4 Å².